The molecule has 1 fully saturated rings. The molecule has 3 rings (SSSR count). The Kier molecular flexibility index (Phi) is 8.19. The number of hydrogen-bond donors (Lipinski definition) is 2. The van der Waals surface area contributed by atoms with Gasteiger partial charge in [0.2, 0.25) is 0 Å². The summed E-state index contributed by atoms with van der Waals surface area (Å²) in [6.07, 6.45) is 9.16. The van der Waals surface area contributed by atoms with Gasteiger partial charge in [-0.15, -0.1) is 0 Å². The third-order valence-electron chi connectivity index (χ3n) is 6.81. The molecule has 4 atom stereocenters. The van der Waals surface area contributed by atoms with Crippen molar-refractivity contribution in [3.05, 3.63) is 52.4 Å². The summed E-state index contributed by atoms with van der Waals surface area (Å²) in [6.45, 7) is 7.22. The van der Waals surface area contributed by atoms with Crippen molar-refractivity contribution in [3.63, 3.8) is 0 Å². The van der Waals surface area contributed by atoms with Gasteiger partial charge in [-0.1, -0.05) is 83.2 Å². The van der Waals surface area contributed by atoms with Gasteiger partial charge in [0.25, 0.3) is 5.56 Å². The first-order valence-corrected chi connectivity index (χ1v) is 11.8. The Morgan fingerprint density at radius 1 is 1.19 bits per heavy atom. The van der Waals surface area contributed by atoms with E-state index in [1.165, 1.54) is 38.3 Å². The van der Waals surface area contributed by atoms with Gasteiger partial charge in [-0.2, -0.15) is 4.73 Å². The van der Waals surface area contributed by atoms with E-state index in [-0.39, 0.29) is 17.2 Å². The Morgan fingerprint density at radius 2 is 1.94 bits per heavy atom. The highest BCUT2D eigenvalue weighted by atomic mass is 16.5. The average molecular weight is 428 g/mol. The molecule has 0 aliphatic carbocycles. The normalized spacial score (nSPS) is 22.4. The van der Waals surface area contributed by atoms with E-state index in [2.05, 4.69) is 20.8 Å². The number of ether oxygens (including phenoxy) is 1. The minimum Gasteiger partial charge on any atom is -0.507 e. The first-order chi connectivity index (χ1) is 14.9. The highest BCUT2D eigenvalue weighted by Crippen LogP contribution is 2.42. The lowest BCUT2D eigenvalue weighted by atomic mass is 9.83. The molecule has 1 aromatic heterocycles. The standard InChI is InChI=1S/C26H37NO4/c1-4-18(2)11-7-5-8-12-20-15-19(3)25(31-17-20)23-24(28)22(16-27(30)26(23)29)21-13-9-6-10-14-21/h6,9-10,13-14,16,18-20,25,28,30H,4-5,7-8,11-12,15,17H2,1-3H3/t18-,19+,20-,25-/m0/s1. The second-order valence-corrected chi connectivity index (χ2v) is 9.31. The van der Waals surface area contributed by atoms with Crippen molar-refractivity contribution in [2.24, 2.45) is 17.8 Å². The SMILES string of the molecule is CC[C@H](C)CCCCC[C@@H]1CO[C@H](c2c(O)c(-c3ccccc3)cn(O)c2=O)[C@H](C)C1. The number of pyridine rings is 1. The van der Waals surface area contributed by atoms with Gasteiger partial charge in [0.1, 0.15) is 5.75 Å². The lowest BCUT2D eigenvalue weighted by molar-refractivity contribution is -0.0576. The maximum atomic E-state index is 12.7. The molecular weight excluding hydrogens is 390 g/mol. The van der Waals surface area contributed by atoms with Crippen LogP contribution >= 0.6 is 0 Å². The molecule has 2 heterocycles. The van der Waals surface area contributed by atoms with Crippen molar-refractivity contribution >= 4 is 0 Å². The van der Waals surface area contributed by atoms with Crippen molar-refractivity contribution in [2.45, 2.75) is 71.8 Å². The molecule has 170 valence electrons. The number of hydrogen-bond acceptors (Lipinski definition) is 4. The number of unbranched alkanes of at least 4 members (excludes halogenated alkanes) is 2. The summed E-state index contributed by atoms with van der Waals surface area (Å²) < 4.78 is 6.69. The number of rotatable bonds is 9. The van der Waals surface area contributed by atoms with Crippen LogP contribution in [0.5, 0.6) is 5.75 Å². The summed E-state index contributed by atoms with van der Waals surface area (Å²) in [5.41, 5.74) is 0.709. The highest BCUT2D eigenvalue weighted by molar-refractivity contribution is 5.70. The summed E-state index contributed by atoms with van der Waals surface area (Å²) in [5, 5.41) is 21.1. The van der Waals surface area contributed by atoms with Gasteiger partial charge >= 0.3 is 0 Å². The zero-order valence-corrected chi connectivity index (χ0v) is 19.1. The van der Waals surface area contributed by atoms with Crippen LogP contribution in [0.3, 0.4) is 0 Å². The molecule has 2 N–H and O–H groups in total. The summed E-state index contributed by atoms with van der Waals surface area (Å²) in [7, 11) is 0. The lowest BCUT2D eigenvalue weighted by Crippen LogP contribution is -2.33. The van der Waals surface area contributed by atoms with Gasteiger partial charge in [-0.25, -0.2) is 0 Å². The second-order valence-electron chi connectivity index (χ2n) is 9.31. The average Bonchev–Trinajstić information content (AvgIpc) is 2.77. The van der Waals surface area contributed by atoms with Crippen molar-refractivity contribution in [3.8, 4) is 16.9 Å². The third kappa shape index (κ3) is 5.70. The largest absolute Gasteiger partial charge is 0.507 e. The summed E-state index contributed by atoms with van der Waals surface area (Å²) in [6, 6.07) is 9.27. The van der Waals surface area contributed by atoms with E-state index in [1.54, 1.807) is 0 Å². The van der Waals surface area contributed by atoms with Crippen LogP contribution in [-0.4, -0.2) is 21.7 Å². The van der Waals surface area contributed by atoms with E-state index in [0.717, 1.165) is 24.3 Å². The van der Waals surface area contributed by atoms with Gasteiger partial charge in [0.15, 0.2) is 0 Å². The Morgan fingerprint density at radius 3 is 2.61 bits per heavy atom. The van der Waals surface area contributed by atoms with E-state index in [0.29, 0.717) is 22.8 Å². The fourth-order valence-corrected chi connectivity index (χ4v) is 4.69. The molecule has 0 saturated carbocycles. The van der Waals surface area contributed by atoms with Crippen LogP contribution < -0.4 is 5.56 Å². The number of aromatic nitrogens is 1. The number of aromatic hydroxyl groups is 1. The van der Waals surface area contributed by atoms with Crippen molar-refractivity contribution in [1.29, 1.82) is 0 Å². The molecule has 1 aliphatic heterocycles. The predicted octanol–water partition coefficient (Wildman–Crippen LogP) is 6.17. The first kappa shape index (κ1) is 23.4. The Balaban J connectivity index is 1.67. The van der Waals surface area contributed by atoms with Crippen LogP contribution in [0.25, 0.3) is 11.1 Å². The highest BCUT2D eigenvalue weighted by Gasteiger charge is 2.34. The zero-order chi connectivity index (χ0) is 22.4. The van der Waals surface area contributed by atoms with Gasteiger partial charge in [-0.3, -0.25) is 4.79 Å². The maximum Gasteiger partial charge on any atom is 0.292 e. The molecular formula is C26H37NO4. The molecule has 1 saturated heterocycles. The van der Waals surface area contributed by atoms with E-state index in [1.807, 2.05) is 30.3 Å². The maximum absolute atomic E-state index is 12.7. The molecule has 1 aromatic carbocycles. The molecule has 5 heteroatoms. The summed E-state index contributed by atoms with van der Waals surface area (Å²) in [5.74, 6) is 1.28. The number of benzene rings is 1. The van der Waals surface area contributed by atoms with Gasteiger partial charge < -0.3 is 15.1 Å². The smallest absolute Gasteiger partial charge is 0.292 e. The minimum absolute atomic E-state index is 0.0866. The van der Waals surface area contributed by atoms with Crippen molar-refractivity contribution in [2.75, 3.05) is 6.61 Å². The fraction of sp³-hybridized carbons (Fsp3) is 0.577. The third-order valence-corrected chi connectivity index (χ3v) is 6.81. The Labute approximate surface area is 185 Å². The van der Waals surface area contributed by atoms with Gasteiger partial charge in [-0.05, 0) is 36.2 Å². The first-order valence-electron chi connectivity index (χ1n) is 11.8. The molecule has 0 unspecified atom stereocenters. The van der Waals surface area contributed by atoms with E-state index in [9.17, 15) is 15.1 Å². The van der Waals surface area contributed by atoms with Crippen LogP contribution in [-0.2, 0) is 4.74 Å². The van der Waals surface area contributed by atoms with Crippen LogP contribution in [0.15, 0.2) is 41.3 Å². The number of nitrogens with zero attached hydrogens (tertiary/aromatic N) is 1. The quantitative estimate of drug-likeness (QED) is 0.371. The molecule has 1 aliphatic rings. The van der Waals surface area contributed by atoms with Crippen molar-refractivity contribution in [1.82, 2.24) is 4.73 Å². The molecule has 5 nitrogen and oxygen atoms in total. The monoisotopic (exact) mass is 427 g/mol. The van der Waals surface area contributed by atoms with Crippen LogP contribution in [0.2, 0.25) is 0 Å². The van der Waals surface area contributed by atoms with Crippen LogP contribution in [0.1, 0.15) is 77.4 Å². The molecule has 2 aromatic rings. The molecule has 0 radical (unpaired) electrons. The topological polar surface area (TPSA) is 71.7 Å². The van der Waals surface area contributed by atoms with Gasteiger partial charge in [0, 0.05) is 5.56 Å². The predicted molar refractivity (Wildman–Crippen MR) is 123 cm³/mol. The lowest BCUT2D eigenvalue weighted by Gasteiger charge is -2.35. The summed E-state index contributed by atoms with van der Waals surface area (Å²) in [4.78, 5) is 12.7. The molecule has 0 amide bonds. The van der Waals surface area contributed by atoms with E-state index < -0.39 is 11.7 Å². The molecule has 31 heavy (non-hydrogen) atoms. The van der Waals surface area contributed by atoms with Crippen LogP contribution in [0, 0.1) is 17.8 Å². The second kappa shape index (κ2) is 10.9. The zero-order valence-electron chi connectivity index (χ0n) is 19.1. The van der Waals surface area contributed by atoms with Gasteiger partial charge in [0.05, 0.1) is 24.5 Å². The van der Waals surface area contributed by atoms with E-state index >= 15 is 0 Å². The molecule has 0 spiro atoms. The summed E-state index contributed by atoms with van der Waals surface area (Å²) >= 11 is 0. The fourth-order valence-electron chi connectivity index (χ4n) is 4.69. The Hall–Kier alpha value is -2.27. The van der Waals surface area contributed by atoms with Crippen molar-refractivity contribution < 1.29 is 15.1 Å². The minimum atomic E-state index is -0.613. The Bertz CT molecular complexity index is 892. The van der Waals surface area contributed by atoms with E-state index in [4.69, 9.17) is 4.74 Å². The van der Waals surface area contributed by atoms with Crippen LogP contribution in [0.4, 0.5) is 0 Å². The molecule has 0 bridgehead atoms.